The summed E-state index contributed by atoms with van der Waals surface area (Å²) in [6.45, 7) is 4.42. The van der Waals surface area contributed by atoms with Crippen LogP contribution >= 0.6 is 0 Å². The fourth-order valence-electron chi connectivity index (χ4n) is 3.96. The molecule has 0 atom stereocenters. The lowest BCUT2D eigenvalue weighted by atomic mass is 10.0. The Labute approximate surface area is 187 Å². The topological polar surface area (TPSA) is 80.5 Å². The molecule has 0 N–H and O–H groups in total. The number of hydrogen-bond acceptors (Lipinski definition) is 5. The van der Waals surface area contributed by atoms with Crippen LogP contribution in [0.5, 0.6) is 0 Å². The first kappa shape index (κ1) is 21.6. The van der Waals surface area contributed by atoms with Gasteiger partial charge in [-0.15, -0.1) is 0 Å². The Morgan fingerprint density at radius 1 is 1.12 bits per heavy atom. The second-order valence-electron chi connectivity index (χ2n) is 7.78. The zero-order chi connectivity index (χ0) is 22.5. The smallest absolute Gasteiger partial charge is 0.272 e. The van der Waals surface area contributed by atoms with Crippen molar-refractivity contribution in [2.24, 2.45) is 4.99 Å². The van der Waals surface area contributed by atoms with E-state index in [1.165, 1.54) is 10.2 Å². The van der Waals surface area contributed by atoms with Gasteiger partial charge < -0.3 is 4.90 Å². The fourth-order valence-corrected chi connectivity index (χ4v) is 3.96. The van der Waals surface area contributed by atoms with Crippen LogP contribution in [0.25, 0.3) is 0 Å². The van der Waals surface area contributed by atoms with E-state index in [1.54, 1.807) is 17.3 Å². The number of rotatable bonds is 7. The van der Waals surface area contributed by atoms with Crippen molar-refractivity contribution in [1.29, 1.82) is 0 Å². The summed E-state index contributed by atoms with van der Waals surface area (Å²) in [5.41, 5.74) is 4.72. The van der Waals surface area contributed by atoms with Gasteiger partial charge in [-0.05, 0) is 55.5 Å². The highest BCUT2D eigenvalue weighted by atomic mass is 16.2. The molecule has 2 aromatic heterocycles. The molecule has 0 saturated carbocycles. The molecule has 7 heteroatoms. The number of amides is 1. The highest BCUT2D eigenvalue weighted by Crippen LogP contribution is 2.26. The lowest BCUT2D eigenvalue weighted by molar-refractivity contribution is -0.119. The molecule has 0 aliphatic carbocycles. The van der Waals surface area contributed by atoms with Crippen molar-refractivity contribution in [2.75, 3.05) is 11.4 Å². The second kappa shape index (κ2) is 9.68. The maximum atomic E-state index is 13.2. The minimum absolute atomic E-state index is 0.112. The first-order chi connectivity index (χ1) is 15.6. The third kappa shape index (κ3) is 4.51. The van der Waals surface area contributed by atoms with Gasteiger partial charge in [-0.2, -0.15) is 5.10 Å². The van der Waals surface area contributed by atoms with Gasteiger partial charge in [0.1, 0.15) is 6.54 Å². The van der Waals surface area contributed by atoms with E-state index in [-0.39, 0.29) is 18.0 Å². The summed E-state index contributed by atoms with van der Waals surface area (Å²) >= 11 is 0. The number of aliphatic imine (C=N–C) groups is 1. The highest BCUT2D eigenvalue weighted by Gasteiger charge is 2.22. The molecular weight excluding hydrogens is 402 g/mol. The molecule has 1 amide bonds. The van der Waals surface area contributed by atoms with Crippen LogP contribution in [0.15, 0.2) is 58.6 Å². The van der Waals surface area contributed by atoms with Crippen LogP contribution < -0.4 is 10.5 Å². The third-order valence-corrected chi connectivity index (χ3v) is 5.69. The Balaban J connectivity index is 1.66. The maximum Gasteiger partial charge on any atom is 0.272 e. The maximum absolute atomic E-state index is 13.2. The van der Waals surface area contributed by atoms with Crippen molar-refractivity contribution in [3.8, 4) is 0 Å². The predicted molar refractivity (Wildman–Crippen MR) is 126 cm³/mol. The predicted octanol–water partition coefficient (Wildman–Crippen LogP) is 3.49. The number of carbonyl (C=O) groups excluding carboxylic acids is 1. The number of pyridine rings is 1. The Bertz CT molecular complexity index is 1180. The molecule has 4 rings (SSSR count). The molecule has 0 fully saturated rings. The average Bonchev–Trinajstić information content (AvgIpc) is 2.83. The van der Waals surface area contributed by atoms with Crippen LogP contribution in [-0.4, -0.2) is 33.4 Å². The molecule has 0 saturated heterocycles. The van der Waals surface area contributed by atoms with E-state index in [1.807, 2.05) is 49.5 Å². The molecule has 1 aliphatic heterocycles. The molecule has 3 heterocycles. The second-order valence-corrected chi connectivity index (χ2v) is 7.78. The first-order valence-electron chi connectivity index (χ1n) is 11.0. The standard InChI is InChI=1S/C25H27N5O2/c1-3-18-9-11-20(12-10-18)29(4-2)23(31)17-30-25(32)21-8-6-14-27-24(21)22(28-30)15-19-7-5-13-26-16-19/h5,7,9-14,16H,3-4,6,8,15,17H2,1-2H3. The van der Waals surface area contributed by atoms with Gasteiger partial charge in [0, 0.05) is 42.8 Å². The van der Waals surface area contributed by atoms with Crippen LogP contribution in [0.4, 0.5) is 11.4 Å². The quantitative estimate of drug-likeness (QED) is 0.576. The SMILES string of the molecule is CCc1ccc(N(CC)C(=O)Cn2nc(Cc3cccnc3)c3c(c2=O)CCC=N3)cc1. The van der Waals surface area contributed by atoms with E-state index in [0.717, 1.165) is 17.7 Å². The highest BCUT2D eigenvalue weighted by molar-refractivity contribution is 5.93. The lowest BCUT2D eigenvalue weighted by Gasteiger charge is -2.22. The molecule has 3 aromatic rings. The van der Waals surface area contributed by atoms with E-state index in [0.29, 0.717) is 42.8 Å². The average molecular weight is 430 g/mol. The van der Waals surface area contributed by atoms with Gasteiger partial charge in [0.2, 0.25) is 5.91 Å². The van der Waals surface area contributed by atoms with Gasteiger partial charge in [0.05, 0.1) is 11.4 Å². The number of anilines is 1. The Morgan fingerprint density at radius 2 is 1.94 bits per heavy atom. The Kier molecular flexibility index (Phi) is 6.54. The zero-order valence-corrected chi connectivity index (χ0v) is 18.5. The molecule has 1 aromatic carbocycles. The number of carbonyl (C=O) groups is 1. The zero-order valence-electron chi connectivity index (χ0n) is 18.5. The number of benzene rings is 1. The minimum atomic E-state index is -0.238. The fraction of sp³-hybridized carbons (Fsp3) is 0.320. The molecule has 0 unspecified atom stereocenters. The van der Waals surface area contributed by atoms with E-state index >= 15 is 0 Å². The Morgan fingerprint density at radius 3 is 2.62 bits per heavy atom. The molecular formula is C25H27N5O2. The molecule has 1 aliphatic rings. The normalized spacial score (nSPS) is 12.4. The molecule has 0 radical (unpaired) electrons. The van der Waals surface area contributed by atoms with Crippen molar-refractivity contribution in [2.45, 2.75) is 46.1 Å². The summed E-state index contributed by atoms with van der Waals surface area (Å²) in [6, 6.07) is 11.8. The summed E-state index contributed by atoms with van der Waals surface area (Å²) in [5.74, 6) is -0.169. The van der Waals surface area contributed by atoms with Gasteiger partial charge >= 0.3 is 0 Å². The van der Waals surface area contributed by atoms with Gasteiger partial charge in [-0.1, -0.05) is 25.1 Å². The molecule has 0 bridgehead atoms. The van der Waals surface area contributed by atoms with E-state index < -0.39 is 0 Å². The van der Waals surface area contributed by atoms with Crippen LogP contribution in [0.2, 0.25) is 0 Å². The van der Waals surface area contributed by atoms with Crippen molar-refractivity contribution in [1.82, 2.24) is 14.8 Å². The monoisotopic (exact) mass is 429 g/mol. The van der Waals surface area contributed by atoms with Crippen molar-refractivity contribution >= 4 is 23.5 Å². The van der Waals surface area contributed by atoms with Crippen molar-refractivity contribution < 1.29 is 4.79 Å². The third-order valence-electron chi connectivity index (χ3n) is 5.69. The van der Waals surface area contributed by atoms with E-state index in [2.05, 4.69) is 22.0 Å². The number of nitrogens with zero attached hydrogens (tertiary/aromatic N) is 5. The Hall–Kier alpha value is -3.61. The van der Waals surface area contributed by atoms with E-state index in [4.69, 9.17) is 0 Å². The van der Waals surface area contributed by atoms with Crippen LogP contribution in [0, 0.1) is 0 Å². The summed E-state index contributed by atoms with van der Waals surface area (Å²) in [7, 11) is 0. The van der Waals surface area contributed by atoms with Gasteiger partial charge in [0.15, 0.2) is 0 Å². The molecule has 0 spiro atoms. The van der Waals surface area contributed by atoms with Gasteiger partial charge in [-0.3, -0.25) is 19.6 Å². The largest absolute Gasteiger partial charge is 0.311 e. The number of aryl methyl sites for hydroxylation is 1. The number of likely N-dealkylation sites (N-methyl/N-ethyl adjacent to an activating group) is 1. The van der Waals surface area contributed by atoms with E-state index in [9.17, 15) is 9.59 Å². The molecule has 164 valence electrons. The summed E-state index contributed by atoms with van der Waals surface area (Å²) in [6.07, 6.45) is 8.07. The number of aromatic nitrogens is 3. The van der Waals surface area contributed by atoms with Crippen molar-refractivity contribution in [3.05, 3.63) is 81.5 Å². The van der Waals surface area contributed by atoms with Crippen LogP contribution in [0.1, 0.15) is 42.7 Å². The number of fused-ring (bicyclic) bond motifs is 1. The minimum Gasteiger partial charge on any atom is -0.311 e. The lowest BCUT2D eigenvalue weighted by Crippen LogP contribution is -2.38. The summed E-state index contributed by atoms with van der Waals surface area (Å²) < 4.78 is 1.30. The van der Waals surface area contributed by atoms with Gasteiger partial charge in [-0.25, -0.2) is 4.68 Å². The molecule has 32 heavy (non-hydrogen) atoms. The van der Waals surface area contributed by atoms with Crippen molar-refractivity contribution in [3.63, 3.8) is 0 Å². The van der Waals surface area contributed by atoms with Crippen LogP contribution in [-0.2, 0) is 30.6 Å². The first-order valence-corrected chi connectivity index (χ1v) is 11.0. The summed E-state index contributed by atoms with van der Waals surface area (Å²) in [5, 5.41) is 4.57. The summed E-state index contributed by atoms with van der Waals surface area (Å²) in [4.78, 5) is 36.6. The number of hydrogen-bond donors (Lipinski definition) is 0. The van der Waals surface area contributed by atoms with Gasteiger partial charge in [0.25, 0.3) is 5.56 Å². The molecule has 7 nitrogen and oxygen atoms in total. The van der Waals surface area contributed by atoms with Crippen LogP contribution in [0.3, 0.4) is 0 Å².